The van der Waals surface area contributed by atoms with E-state index in [4.69, 9.17) is 4.74 Å². The maximum absolute atomic E-state index is 5.47. The molecule has 0 saturated carbocycles. The van der Waals surface area contributed by atoms with Crippen molar-refractivity contribution in [3.8, 4) is 5.75 Å². The Morgan fingerprint density at radius 1 is 1.23 bits per heavy atom. The zero-order valence-electron chi connectivity index (χ0n) is 15.6. The van der Waals surface area contributed by atoms with Gasteiger partial charge in [-0.15, -0.1) is 0 Å². The smallest absolute Gasteiger partial charge is 0.252 e. The minimum Gasteiger partial charge on any atom is -0.496 e. The van der Waals surface area contributed by atoms with E-state index in [1.165, 1.54) is 29.7 Å². The van der Waals surface area contributed by atoms with E-state index in [2.05, 4.69) is 51.2 Å². The van der Waals surface area contributed by atoms with Crippen molar-refractivity contribution in [3.05, 3.63) is 53.1 Å². The number of likely N-dealkylation sites (tertiary alicyclic amines) is 1. The van der Waals surface area contributed by atoms with Crippen molar-refractivity contribution < 1.29 is 4.74 Å². The normalized spacial score (nSPS) is 18.3. The van der Waals surface area contributed by atoms with Crippen LogP contribution in [0.3, 0.4) is 0 Å². The number of piperidine rings is 1. The average molecular weight is 351 g/mol. The van der Waals surface area contributed by atoms with Crippen LogP contribution in [0.2, 0.25) is 0 Å². The fourth-order valence-corrected chi connectivity index (χ4v) is 3.91. The van der Waals surface area contributed by atoms with Crippen LogP contribution in [0.25, 0.3) is 5.78 Å². The minimum atomic E-state index is 0.446. The summed E-state index contributed by atoms with van der Waals surface area (Å²) in [5.41, 5.74) is 4.69. The van der Waals surface area contributed by atoms with Crippen molar-refractivity contribution in [2.45, 2.75) is 39.2 Å². The predicted molar refractivity (Wildman–Crippen MR) is 101 cm³/mol. The van der Waals surface area contributed by atoms with Gasteiger partial charge in [-0.1, -0.05) is 12.1 Å². The van der Waals surface area contributed by atoms with E-state index in [-0.39, 0.29) is 0 Å². The summed E-state index contributed by atoms with van der Waals surface area (Å²) in [6.07, 6.45) is 3.95. The molecule has 1 fully saturated rings. The number of aryl methyl sites for hydroxylation is 2. The van der Waals surface area contributed by atoms with E-state index < -0.39 is 0 Å². The lowest BCUT2D eigenvalue weighted by Crippen LogP contribution is -2.34. The first-order valence-electron chi connectivity index (χ1n) is 9.17. The van der Waals surface area contributed by atoms with Crippen LogP contribution in [-0.4, -0.2) is 44.7 Å². The third-order valence-electron chi connectivity index (χ3n) is 5.21. The molecule has 3 heterocycles. The summed E-state index contributed by atoms with van der Waals surface area (Å²) in [6, 6.07) is 8.66. The Balaban J connectivity index is 1.55. The SMILES string of the molecule is COc1cc(CN2CCCC(c3cc(C)nc4ncnn34)C2)ccc1C. The monoisotopic (exact) mass is 351 g/mol. The number of fused-ring (bicyclic) bond motifs is 1. The second-order valence-electron chi connectivity index (χ2n) is 7.17. The van der Waals surface area contributed by atoms with Gasteiger partial charge in [0.15, 0.2) is 0 Å². The largest absolute Gasteiger partial charge is 0.496 e. The Morgan fingerprint density at radius 2 is 2.12 bits per heavy atom. The van der Waals surface area contributed by atoms with Gasteiger partial charge in [0.2, 0.25) is 0 Å². The molecule has 0 N–H and O–H groups in total. The molecule has 0 aliphatic carbocycles. The van der Waals surface area contributed by atoms with Crippen LogP contribution >= 0.6 is 0 Å². The molecule has 1 aromatic carbocycles. The highest BCUT2D eigenvalue weighted by atomic mass is 16.5. The lowest BCUT2D eigenvalue weighted by Gasteiger charge is -2.33. The molecule has 0 bridgehead atoms. The highest BCUT2D eigenvalue weighted by Gasteiger charge is 2.24. The van der Waals surface area contributed by atoms with E-state index in [1.54, 1.807) is 13.4 Å². The number of nitrogens with zero attached hydrogens (tertiary/aromatic N) is 5. The number of rotatable bonds is 4. The summed E-state index contributed by atoms with van der Waals surface area (Å²) < 4.78 is 7.37. The molecule has 1 unspecified atom stereocenters. The molecule has 2 aromatic heterocycles. The second kappa shape index (κ2) is 7.03. The topological polar surface area (TPSA) is 55.5 Å². The first kappa shape index (κ1) is 17.0. The molecule has 26 heavy (non-hydrogen) atoms. The molecule has 136 valence electrons. The number of hydrogen-bond donors (Lipinski definition) is 0. The van der Waals surface area contributed by atoms with Gasteiger partial charge in [-0.25, -0.2) is 9.50 Å². The van der Waals surface area contributed by atoms with E-state index >= 15 is 0 Å². The summed E-state index contributed by atoms with van der Waals surface area (Å²) in [7, 11) is 1.73. The van der Waals surface area contributed by atoms with Crippen LogP contribution in [0.1, 0.15) is 41.3 Å². The van der Waals surface area contributed by atoms with Crippen molar-refractivity contribution in [2.24, 2.45) is 0 Å². The van der Waals surface area contributed by atoms with Gasteiger partial charge in [0.1, 0.15) is 12.1 Å². The van der Waals surface area contributed by atoms with Gasteiger partial charge >= 0.3 is 0 Å². The van der Waals surface area contributed by atoms with E-state index in [0.717, 1.165) is 31.1 Å². The number of aromatic nitrogens is 4. The molecular formula is C20H25N5O. The van der Waals surface area contributed by atoms with Crippen LogP contribution in [0.15, 0.2) is 30.6 Å². The van der Waals surface area contributed by atoms with E-state index in [1.807, 2.05) is 11.4 Å². The van der Waals surface area contributed by atoms with Gasteiger partial charge in [0.05, 0.1) is 12.8 Å². The van der Waals surface area contributed by atoms with Crippen molar-refractivity contribution in [3.63, 3.8) is 0 Å². The third-order valence-corrected chi connectivity index (χ3v) is 5.21. The van der Waals surface area contributed by atoms with Crippen molar-refractivity contribution in [1.82, 2.24) is 24.5 Å². The average Bonchev–Trinajstić information content (AvgIpc) is 3.11. The van der Waals surface area contributed by atoms with E-state index in [0.29, 0.717) is 11.7 Å². The highest BCUT2D eigenvalue weighted by molar-refractivity contribution is 5.36. The predicted octanol–water partition coefficient (Wildman–Crippen LogP) is 3.13. The Hall–Kier alpha value is -2.47. The van der Waals surface area contributed by atoms with Gasteiger partial charge in [0.25, 0.3) is 5.78 Å². The standard InChI is InChI=1S/C20H25N5O/c1-14-6-7-16(10-19(14)26-3)11-24-8-4-5-17(12-24)18-9-15(2)23-20-21-13-22-25(18)20/h6-7,9-10,13,17H,4-5,8,11-12H2,1-3H3. The number of methoxy groups -OCH3 is 1. The Labute approximate surface area is 153 Å². The lowest BCUT2D eigenvalue weighted by atomic mass is 9.93. The van der Waals surface area contributed by atoms with Crippen LogP contribution in [0.4, 0.5) is 0 Å². The van der Waals surface area contributed by atoms with Crippen LogP contribution < -0.4 is 4.74 Å². The zero-order valence-corrected chi connectivity index (χ0v) is 15.6. The molecule has 3 aromatic rings. The van der Waals surface area contributed by atoms with Crippen molar-refractivity contribution >= 4 is 5.78 Å². The second-order valence-corrected chi connectivity index (χ2v) is 7.17. The fraction of sp³-hybridized carbons (Fsp3) is 0.450. The molecule has 6 heteroatoms. The van der Waals surface area contributed by atoms with Crippen LogP contribution in [0.5, 0.6) is 5.75 Å². The summed E-state index contributed by atoms with van der Waals surface area (Å²) in [5, 5.41) is 4.38. The Kier molecular flexibility index (Phi) is 4.59. The molecule has 6 nitrogen and oxygen atoms in total. The molecule has 1 aliphatic heterocycles. The van der Waals surface area contributed by atoms with Crippen molar-refractivity contribution in [2.75, 3.05) is 20.2 Å². The van der Waals surface area contributed by atoms with E-state index in [9.17, 15) is 0 Å². The van der Waals surface area contributed by atoms with Gasteiger partial charge < -0.3 is 4.74 Å². The maximum Gasteiger partial charge on any atom is 0.252 e. The molecule has 4 rings (SSSR count). The fourth-order valence-electron chi connectivity index (χ4n) is 3.91. The van der Waals surface area contributed by atoms with Crippen LogP contribution in [-0.2, 0) is 6.54 Å². The Bertz CT molecular complexity index is 920. The highest BCUT2D eigenvalue weighted by Crippen LogP contribution is 2.29. The Morgan fingerprint density at radius 3 is 2.96 bits per heavy atom. The molecule has 0 spiro atoms. The van der Waals surface area contributed by atoms with Gasteiger partial charge in [-0.2, -0.15) is 10.1 Å². The molecule has 0 amide bonds. The number of benzene rings is 1. The van der Waals surface area contributed by atoms with Crippen molar-refractivity contribution in [1.29, 1.82) is 0 Å². The molecule has 0 radical (unpaired) electrons. The first-order chi connectivity index (χ1) is 12.6. The summed E-state index contributed by atoms with van der Waals surface area (Å²) >= 11 is 0. The number of ether oxygens (including phenoxy) is 1. The summed E-state index contributed by atoms with van der Waals surface area (Å²) in [4.78, 5) is 11.3. The zero-order chi connectivity index (χ0) is 18.1. The number of hydrogen-bond acceptors (Lipinski definition) is 5. The first-order valence-corrected chi connectivity index (χ1v) is 9.17. The summed E-state index contributed by atoms with van der Waals surface area (Å²) in [5.74, 6) is 2.10. The molecular weight excluding hydrogens is 326 g/mol. The quantitative estimate of drug-likeness (QED) is 0.723. The molecule has 1 saturated heterocycles. The maximum atomic E-state index is 5.47. The van der Waals surface area contributed by atoms with Gasteiger partial charge in [-0.05, 0) is 56.5 Å². The summed E-state index contributed by atoms with van der Waals surface area (Å²) in [6.45, 7) is 7.19. The third kappa shape index (κ3) is 3.29. The molecule has 1 atom stereocenters. The minimum absolute atomic E-state index is 0.446. The lowest BCUT2D eigenvalue weighted by molar-refractivity contribution is 0.197. The molecule has 1 aliphatic rings. The van der Waals surface area contributed by atoms with Gasteiger partial charge in [0, 0.05) is 24.7 Å². The van der Waals surface area contributed by atoms with Crippen LogP contribution in [0, 0.1) is 13.8 Å². The van der Waals surface area contributed by atoms with Gasteiger partial charge in [-0.3, -0.25) is 4.90 Å².